The average molecular weight is 392 g/mol. The fourth-order valence-electron chi connectivity index (χ4n) is 3.25. The summed E-state index contributed by atoms with van der Waals surface area (Å²) in [5, 5.41) is 5.71. The maximum atomic E-state index is 12.4. The molecule has 0 bridgehead atoms. The van der Waals surface area contributed by atoms with Crippen LogP contribution in [0.1, 0.15) is 48.5 Å². The fraction of sp³-hybridized carbons (Fsp3) is 0.261. The molecule has 2 aromatic rings. The standard InChI is InChI=1S/C23H24N2O4/c1-16(26)29-21-11-5-9-19(14-21)23(28)24-15-18-8-4-10-20(12-18)25-22(27)13-17-6-2-3-7-17/h4-5,8-14H,2-3,6-7,15H2,1H3,(H,24,28)(H,25,27). The molecule has 0 saturated heterocycles. The van der Waals surface area contributed by atoms with Crippen LogP contribution in [0.25, 0.3) is 0 Å². The van der Waals surface area contributed by atoms with Crippen molar-refractivity contribution < 1.29 is 19.1 Å². The first-order valence-electron chi connectivity index (χ1n) is 9.65. The van der Waals surface area contributed by atoms with E-state index in [9.17, 15) is 14.4 Å². The largest absolute Gasteiger partial charge is 0.427 e. The topological polar surface area (TPSA) is 84.5 Å². The fourth-order valence-corrected chi connectivity index (χ4v) is 3.25. The average Bonchev–Trinajstić information content (AvgIpc) is 3.19. The van der Waals surface area contributed by atoms with Gasteiger partial charge in [0.2, 0.25) is 5.91 Å². The van der Waals surface area contributed by atoms with Gasteiger partial charge in [0.15, 0.2) is 0 Å². The monoisotopic (exact) mass is 392 g/mol. The summed E-state index contributed by atoms with van der Waals surface area (Å²) in [5.74, 6) is -0.513. The number of hydrogen-bond donors (Lipinski definition) is 2. The molecule has 2 N–H and O–H groups in total. The molecule has 150 valence electrons. The molecule has 0 atom stereocenters. The van der Waals surface area contributed by atoms with Crippen molar-refractivity contribution in [1.82, 2.24) is 5.32 Å². The molecule has 0 radical (unpaired) electrons. The Morgan fingerprint density at radius 3 is 2.55 bits per heavy atom. The molecule has 29 heavy (non-hydrogen) atoms. The summed E-state index contributed by atoms with van der Waals surface area (Å²) >= 11 is 0. The Hall–Kier alpha value is -3.41. The number of nitrogens with one attached hydrogen (secondary N) is 2. The minimum Gasteiger partial charge on any atom is -0.427 e. The molecule has 1 aliphatic carbocycles. The van der Waals surface area contributed by atoms with Crippen molar-refractivity contribution in [3.05, 3.63) is 71.3 Å². The van der Waals surface area contributed by atoms with Gasteiger partial charge in [-0.1, -0.05) is 23.8 Å². The van der Waals surface area contributed by atoms with Crippen LogP contribution in [-0.4, -0.2) is 17.8 Å². The van der Waals surface area contributed by atoms with Crippen molar-refractivity contribution in [1.29, 1.82) is 0 Å². The molecule has 6 nitrogen and oxygen atoms in total. The lowest BCUT2D eigenvalue weighted by Gasteiger charge is -2.09. The van der Waals surface area contributed by atoms with Gasteiger partial charge in [-0.15, -0.1) is 0 Å². The Kier molecular flexibility index (Phi) is 6.79. The lowest BCUT2D eigenvalue weighted by Crippen LogP contribution is -2.23. The van der Waals surface area contributed by atoms with Crippen LogP contribution in [0.3, 0.4) is 0 Å². The molecule has 2 aromatic carbocycles. The zero-order valence-electron chi connectivity index (χ0n) is 16.4. The third-order valence-corrected chi connectivity index (χ3v) is 4.59. The van der Waals surface area contributed by atoms with E-state index in [1.165, 1.54) is 18.6 Å². The maximum Gasteiger partial charge on any atom is 0.308 e. The van der Waals surface area contributed by atoms with Crippen molar-refractivity contribution in [3.63, 3.8) is 0 Å². The Bertz CT molecular complexity index is 941. The molecule has 2 amide bonds. The van der Waals surface area contributed by atoms with Crippen LogP contribution in [0.5, 0.6) is 5.75 Å². The highest BCUT2D eigenvalue weighted by Crippen LogP contribution is 2.23. The van der Waals surface area contributed by atoms with E-state index in [-0.39, 0.29) is 11.8 Å². The lowest BCUT2D eigenvalue weighted by atomic mass is 10.1. The highest BCUT2D eigenvalue weighted by molar-refractivity contribution is 5.99. The number of carbonyl (C=O) groups is 3. The summed E-state index contributed by atoms with van der Waals surface area (Å²) in [4.78, 5) is 35.6. The number of esters is 1. The quantitative estimate of drug-likeness (QED) is 0.442. The second-order valence-electron chi connectivity index (χ2n) is 7.00. The van der Waals surface area contributed by atoms with Gasteiger partial charge in [0, 0.05) is 30.8 Å². The molecule has 0 heterocycles. The second kappa shape index (κ2) is 9.68. The molecule has 3 rings (SSSR count). The summed E-state index contributed by atoms with van der Waals surface area (Å²) in [6, 6.07) is 13.8. The van der Waals surface area contributed by atoms with Gasteiger partial charge in [-0.25, -0.2) is 0 Å². The van der Waals surface area contributed by atoms with Gasteiger partial charge < -0.3 is 15.4 Å². The number of benzene rings is 2. The SMILES string of the molecule is CC(=O)Oc1cccc(C(=O)NCc2cccc(NC(=O)C=C3CCCC3)c2)c1. The van der Waals surface area contributed by atoms with Crippen LogP contribution in [-0.2, 0) is 16.1 Å². The number of rotatable bonds is 6. The smallest absolute Gasteiger partial charge is 0.308 e. The first kappa shape index (κ1) is 20.3. The minimum atomic E-state index is -0.440. The molecule has 0 unspecified atom stereocenters. The number of ether oxygens (including phenoxy) is 1. The minimum absolute atomic E-state index is 0.120. The zero-order chi connectivity index (χ0) is 20.6. The summed E-state index contributed by atoms with van der Waals surface area (Å²) in [6.07, 6.45) is 5.99. The van der Waals surface area contributed by atoms with Crippen LogP contribution >= 0.6 is 0 Å². The van der Waals surface area contributed by atoms with Crippen molar-refractivity contribution in [2.75, 3.05) is 5.32 Å². The van der Waals surface area contributed by atoms with Crippen molar-refractivity contribution in [3.8, 4) is 5.75 Å². The van der Waals surface area contributed by atoms with Crippen LogP contribution in [0, 0.1) is 0 Å². The Morgan fingerprint density at radius 2 is 1.79 bits per heavy atom. The van der Waals surface area contributed by atoms with E-state index < -0.39 is 5.97 Å². The van der Waals surface area contributed by atoms with E-state index in [1.54, 1.807) is 24.3 Å². The Morgan fingerprint density at radius 1 is 1.03 bits per heavy atom. The number of amides is 2. The number of anilines is 1. The van der Waals surface area contributed by atoms with E-state index in [1.807, 2.05) is 24.3 Å². The molecule has 0 spiro atoms. The van der Waals surface area contributed by atoms with Gasteiger partial charge in [0.25, 0.3) is 5.91 Å². The van der Waals surface area contributed by atoms with Gasteiger partial charge in [0.05, 0.1) is 0 Å². The van der Waals surface area contributed by atoms with Gasteiger partial charge >= 0.3 is 5.97 Å². The first-order chi connectivity index (χ1) is 14.0. The van der Waals surface area contributed by atoms with E-state index >= 15 is 0 Å². The maximum absolute atomic E-state index is 12.4. The number of hydrogen-bond acceptors (Lipinski definition) is 4. The van der Waals surface area contributed by atoms with Gasteiger partial charge in [0.1, 0.15) is 5.75 Å². The second-order valence-corrected chi connectivity index (χ2v) is 7.00. The highest BCUT2D eigenvalue weighted by atomic mass is 16.5. The molecule has 0 aliphatic heterocycles. The van der Waals surface area contributed by atoms with Gasteiger partial charge in [-0.2, -0.15) is 0 Å². The van der Waals surface area contributed by atoms with Crippen LogP contribution in [0.15, 0.2) is 60.2 Å². The third kappa shape index (κ3) is 6.31. The van der Waals surface area contributed by atoms with E-state index in [0.29, 0.717) is 23.5 Å². The van der Waals surface area contributed by atoms with E-state index in [2.05, 4.69) is 10.6 Å². The summed E-state index contributed by atoms with van der Waals surface area (Å²) in [5.41, 5.74) is 3.15. The first-order valence-corrected chi connectivity index (χ1v) is 9.65. The highest BCUT2D eigenvalue weighted by Gasteiger charge is 2.10. The predicted molar refractivity (Wildman–Crippen MR) is 111 cm³/mol. The van der Waals surface area contributed by atoms with Crippen molar-refractivity contribution >= 4 is 23.5 Å². The molecule has 0 aromatic heterocycles. The molecule has 1 aliphatic rings. The van der Waals surface area contributed by atoms with Crippen molar-refractivity contribution in [2.24, 2.45) is 0 Å². The van der Waals surface area contributed by atoms with Crippen LogP contribution in [0.2, 0.25) is 0 Å². The molecular weight excluding hydrogens is 368 g/mol. The van der Waals surface area contributed by atoms with Crippen molar-refractivity contribution in [2.45, 2.75) is 39.2 Å². The molecule has 1 saturated carbocycles. The van der Waals surface area contributed by atoms with E-state index in [4.69, 9.17) is 4.74 Å². The normalized spacial score (nSPS) is 12.9. The van der Waals surface area contributed by atoms with E-state index in [0.717, 1.165) is 31.2 Å². The Labute approximate surface area is 170 Å². The number of carbonyl (C=O) groups excluding carboxylic acids is 3. The summed E-state index contributed by atoms with van der Waals surface area (Å²) < 4.78 is 5.00. The lowest BCUT2D eigenvalue weighted by molar-refractivity contribution is -0.131. The molecule has 6 heteroatoms. The number of allylic oxidation sites excluding steroid dienone is 1. The van der Waals surface area contributed by atoms with Crippen LogP contribution in [0.4, 0.5) is 5.69 Å². The summed E-state index contributed by atoms with van der Waals surface area (Å²) in [7, 11) is 0. The zero-order valence-corrected chi connectivity index (χ0v) is 16.4. The Balaban J connectivity index is 1.57. The molecule has 1 fully saturated rings. The predicted octanol–water partition coefficient (Wildman–Crippen LogP) is 3.98. The summed E-state index contributed by atoms with van der Waals surface area (Å²) in [6.45, 7) is 1.62. The third-order valence-electron chi connectivity index (χ3n) is 4.59. The molecular formula is C23H24N2O4. The van der Waals surface area contributed by atoms with Gasteiger partial charge in [-0.05, 0) is 61.6 Å². The van der Waals surface area contributed by atoms with Crippen LogP contribution < -0.4 is 15.4 Å². The van der Waals surface area contributed by atoms with Gasteiger partial charge in [-0.3, -0.25) is 14.4 Å².